The minimum atomic E-state index is -0.656. The van der Waals surface area contributed by atoms with Gasteiger partial charge in [0.1, 0.15) is 11.5 Å². The maximum absolute atomic E-state index is 13.0. The van der Waals surface area contributed by atoms with Gasteiger partial charge in [-0.05, 0) is 24.5 Å². The first-order valence-corrected chi connectivity index (χ1v) is 5.75. The Morgan fingerprint density at radius 2 is 2.17 bits per heavy atom. The molecule has 0 spiro atoms. The Kier molecular flexibility index (Phi) is 5.03. The van der Waals surface area contributed by atoms with Gasteiger partial charge in [-0.3, -0.25) is 10.1 Å². The first-order valence-electron chi connectivity index (χ1n) is 5.75. The molecule has 0 aliphatic heterocycles. The van der Waals surface area contributed by atoms with Crippen LogP contribution in [0.15, 0.2) is 18.2 Å². The van der Waals surface area contributed by atoms with E-state index >= 15 is 0 Å². The molecule has 1 atom stereocenters. The second-order valence-electron chi connectivity index (χ2n) is 4.57. The first-order chi connectivity index (χ1) is 8.43. The minimum Gasteiger partial charge on any atom is -0.394 e. The highest BCUT2D eigenvalue weighted by molar-refractivity contribution is 5.61. The van der Waals surface area contributed by atoms with E-state index in [1.54, 1.807) is 0 Å². The van der Waals surface area contributed by atoms with Gasteiger partial charge in [-0.15, -0.1) is 0 Å². The number of rotatable bonds is 6. The molecule has 0 aliphatic carbocycles. The molecule has 1 unspecified atom stereocenters. The first kappa shape index (κ1) is 14.4. The summed E-state index contributed by atoms with van der Waals surface area (Å²) in [6, 6.07) is 3.05. The maximum Gasteiger partial charge on any atom is 0.295 e. The Balaban J connectivity index is 2.91. The predicted octanol–water partition coefficient (Wildman–Crippen LogP) is 2.55. The van der Waals surface area contributed by atoms with Crippen LogP contribution in [0.25, 0.3) is 0 Å². The molecular weight excluding hydrogens is 239 g/mol. The largest absolute Gasteiger partial charge is 0.394 e. The number of anilines is 1. The van der Waals surface area contributed by atoms with Gasteiger partial charge in [0.05, 0.1) is 17.6 Å². The van der Waals surface area contributed by atoms with Crippen molar-refractivity contribution in [3.8, 4) is 0 Å². The normalized spacial score (nSPS) is 12.5. The Morgan fingerprint density at radius 3 is 2.67 bits per heavy atom. The van der Waals surface area contributed by atoms with E-state index in [1.807, 2.05) is 13.8 Å². The molecule has 0 radical (unpaired) electrons. The van der Waals surface area contributed by atoms with E-state index in [2.05, 4.69) is 5.32 Å². The van der Waals surface area contributed by atoms with Gasteiger partial charge in [-0.2, -0.15) is 0 Å². The molecule has 0 amide bonds. The van der Waals surface area contributed by atoms with Crippen LogP contribution in [-0.2, 0) is 0 Å². The van der Waals surface area contributed by atoms with Crippen molar-refractivity contribution in [1.82, 2.24) is 0 Å². The van der Waals surface area contributed by atoms with E-state index in [4.69, 9.17) is 0 Å². The maximum atomic E-state index is 13.0. The second kappa shape index (κ2) is 6.30. The zero-order chi connectivity index (χ0) is 13.7. The average molecular weight is 256 g/mol. The average Bonchev–Trinajstić information content (AvgIpc) is 2.29. The number of nitro benzene ring substituents is 1. The summed E-state index contributed by atoms with van der Waals surface area (Å²) in [5.74, 6) is -0.314. The zero-order valence-electron chi connectivity index (χ0n) is 10.4. The van der Waals surface area contributed by atoms with Crippen molar-refractivity contribution in [3.05, 3.63) is 34.1 Å². The quantitative estimate of drug-likeness (QED) is 0.606. The summed E-state index contributed by atoms with van der Waals surface area (Å²) in [6.45, 7) is 3.85. The van der Waals surface area contributed by atoms with Gasteiger partial charge in [0.15, 0.2) is 0 Å². The predicted molar refractivity (Wildman–Crippen MR) is 67.0 cm³/mol. The molecule has 0 heterocycles. The third kappa shape index (κ3) is 3.96. The van der Waals surface area contributed by atoms with E-state index in [9.17, 15) is 19.6 Å². The van der Waals surface area contributed by atoms with Crippen molar-refractivity contribution < 1.29 is 14.4 Å². The van der Waals surface area contributed by atoms with E-state index in [0.717, 1.165) is 12.1 Å². The Bertz CT molecular complexity index is 424. The van der Waals surface area contributed by atoms with E-state index in [0.29, 0.717) is 12.3 Å². The molecule has 0 aromatic heterocycles. The lowest BCUT2D eigenvalue weighted by atomic mass is 10.0. The third-order valence-electron chi connectivity index (χ3n) is 2.49. The molecule has 1 rings (SSSR count). The molecule has 0 aliphatic rings. The SMILES string of the molecule is CC(C)CC(CO)Nc1ccc(F)cc1[N+](=O)[O-]. The third-order valence-corrected chi connectivity index (χ3v) is 2.49. The van der Waals surface area contributed by atoms with Gasteiger partial charge >= 0.3 is 0 Å². The molecule has 1 aromatic carbocycles. The van der Waals surface area contributed by atoms with Gasteiger partial charge in [0.25, 0.3) is 5.69 Å². The van der Waals surface area contributed by atoms with Crippen LogP contribution in [0.3, 0.4) is 0 Å². The number of hydrogen-bond donors (Lipinski definition) is 2. The van der Waals surface area contributed by atoms with Crippen molar-refractivity contribution in [2.75, 3.05) is 11.9 Å². The number of aliphatic hydroxyl groups excluding tert-OH is 1. The van der Waals surface area contributed by atoms with E-state index in [1.165, 1.54) is 6.07 Å². The van der Waals surface area contributed by atoms with E-state index < -0.39 is 10.7 Å². The van der Waals surface area contributed by atoms with Crippen LogP contribution in [-0.4, -0.2) is 22.7 Å². The summed E-state index contributed by atoms with van der Waals surface area (Å²) in [5.41, 5.74) is -0.0988. The molecule has 100 valence electrons. The van der Waals surface area contributed by atoms with Crippen molar-refractivity contribution in [2.24, 2.45) is 5.92 Å². The zero-order valence-corrected chi connectivity index (χ0v) is 10.4. The highest BCUT2D eigenvalue weighted by Crippen LogP contribution is 2.26. The molecule has 1 aromatic rings. The Morgan fingerprint density at radius 1 is 1.50 bits per heavy atom. The van der Waals surface area contributed by atoms with Gasteiger partial charge in [0.2, 0.25) is 0 Å². The molecule has 0 bridgehead atoms. The smallest absolute Gasteiger partial charge is 0.295 e. The molecular formula is C12H17FN2O3. The van der Waals surface area contributed by atoms with Gasteiger partial charge in [-0.1, -0.05) is 13.8 Å². The van der Waals surface area contributed by atoms with Crippen molar-refractivity contribution in [1.29, 1.82) is 0 Å². The molecule has 2 N–H and O–H groups in total. The summed E-state index contributed by atoms with van der Waals surface area (Å²) in [5, 5.41) is 22.9. The highest BCUT2D eigenvalue weighted by Gasteiger charge is 2.18. The van der Waals surface area contributed by atoms with Crippen LogP contribution in [0, 0.1) is 21.8 Å². The van der Waals surface area contributed by atoms with Crippen LogP contribution in [0.5, 0.6) is 0 Å². The number of nitrogens with one attached hydrogen (secondary N) is 1. The van der Waals surface area contributed by atoms with Crippen molar-refractivity contribution >= 4 is 11.4 Å². The minimum absolute atomic E-state index is 0.132. The van der Waals surface area contributed by atoms with Crippen LogP contribution in [0.2, 0.25) is 0 Å². The summed E-state index contributed by atoms with van der Waals surface area (Å²) < 4.78 is 13.0. The number of nitro groups is 1. The lowest BCUT2D eigenvalue weighted by Crippen LogP contribution is -2.26. The molecule has 18 heavy (non-hydrogen) atoms. The molecule has 0 saturated heterocycles. The Labute approximate surface area is 105 Å². The van der Waals surface area contributed by atoms with Gasteiger partial charge in [0, 0.05) is 6.04 Å². The molecule has 0 fully saturated rings. The lowest BCUT2D eigenvalue weighted by Gasteiger charge is -2.19. The number of aliphatic hydroxyl groups is 1. The van der Waals surface area contributed by atoms with Crippen molar-refractivity contribution in [3.63, 3.8) is 0 Å². The summed E-state index contributed by atoms with van der Waals surface area (Å²) >= 11 is 0. The lowest BCUT2D eigenvalue weighted by molar-refractivity contribution is -0.384. The van der Waals surface area contributed by atoms with Crippen LogP contribution < -0.4 is 5.32 Å². The fraction of sp³-hybridized carbons (Fsp3) is 0.500. The monoisotopic (exact) mass is 256 g/mol. The van der Waals surface area contributed by atoms with Gasteiger partial charge in [-0.25, -0.2) is 4.39 Å². The van der Waals surface area contributed by atoms with Crippen LogP contribution in [0.4, 0.5) is 15.8 Å². The molecule has 6 heteroatoms. The fourth-order valence-electron chi connectivity index (χ4n) is 1.75. The number of halogens is 1. The second-order valence-corrected chi connectivity index (χ2v) is 4.57. The number of nitrogens with zero attached hydrogens (tertiary/aromatic N) is 1. The summed E-state index contributed by atoms with van der Waals surface area (Å²) in [4.78, 5) is 10.2. The molecule has 5 nitrogen and oxygen atoms in total. The highest BCUT2D eigenvalue weighted by atomic mass is 19.1. The topological polar surface area (TPSA) is 75.4 Å². The summed E-state index contributed by atoms with van der Waals surface area (Å²) in [7, 11) is 0. The number of hydrogen-bond acceptors (Lipinski definition) is 4. The Hall–Kier alpha value is -1.69. The van der Waals surface area contributed by atoms with Crippen LogP contribution >= 0.6 is 0 Å². The van der Waals surface area contributed by atoms with E-state index in [-0.39, 0.29) is 24.0 Å². The standard InChI is InChI=1S/C12H17FN2O3/c1-8(2)5-10(7-16)14-11-4-3-9(13)6-12(11)15(17)18/h3-4,6,8,10,14,16H,5,7H2,1-2H3. The summed E-state index contributed by atoms with van der Waals surface area (Å²) in [6.07, 6.45) is 0.672. The van der Waals surface area contributed by atoms with Gasteiger partial charge < -0.3 is 10.4 Å². The van der Waals surface area contributed by atoms with Crippen molar-refractivity contribution in [2.45, 2.75) is 26.3 Å². The molecule has 0 saturated carbocycles. The number of benzene rings is 1. The van der Waals surface area contributed by atoms with Crippen LogP contribution in [0.1, 0.15) is 20.3 Å². The fourth-order valence-corrected chi connectivity index (χ4v) is 1.75.